The van der Waals surface area contributed by atoms with Gasteiger partial charge in [-0.2, -0.15) is 4.98 Å². The molecule has 3 aromatic rings. The molecule has 1 saturated heterocycles. The third-order valence-electron chi connectivity index (χ3n) is 8.55. The Morgan fingerprint density at radius 1 is 1.13 bits per heavy atom. The molecule has 5 rings (SSSR count). The van der Waals surface area contributed by atoms with Gasteiger partial charge in [-0.25, -0.2) is 19.0 Å². The Morgan fingerprint density at radius 2 is 1.94 bits per heavy atom. The lowest BCUT2D eigenvalue weighted by Gasteiger charge is -2.21. The maximum atomic E-state index is 14.2. The highest BCUT2D eigenvalue weighted by Crippen LogP contribution is 2.34. The van der Waals surface area contributed by atoms with Gasteiger partial charge in [0.15, 0.2) is 18.5 Å². The zero-order chi connectivity index (χ0) is 33.5. The number of ether oxygens (including phenoxy) is 3. The van der Waals surface area contributed by atoms with Gasteiger partial charge in [-0.05, 0) is 70.2 Å². The van der Waals surface area contributed by atoms with Crippen LogP contribution in [-0.4, -0.2) is 84.8 Å². The van der Waals surface area contributed by atoms with Crippen LogP contribution in [-0.2, 0) is 14.3 Å². The Bertz CT molecular complexity index is 1650. The number of benzene rings is 2. The first kappa shape index (κ1) is 33.8. The van der Waals surface area contributed by atoms with E-state index in [0.29, 0.717) is 41.6 Å². The Hall–Kier alpha value is -4.58. The Balaban J connectivity index is 1.49. The molecular weight excluding hydrogens is 605 g/mol. The van der Waals surface area contributed by atoms with E-state index in [4.69, 9.17) is 24.2 Å². The van der Waals surface area contributed by atoms with E-state index in [1.54, 1.807) is 50.2 Å². The van der Waals surface area contributed by atoms with Crippen LogP contribution in [0.2, 0.25) is 0 Å². The summed E-state index contributed by atoms with van der Waals surface area (Å²) in [6.07, 6.45) is 7.17. The minimum Gasteiger partial charge on any atom is -0.496 e. The number of methoxy groups -OCH3 is 1. The number of carbonyl (C=O) groups is 3. The van der Waals surface area contributed by atoms with Crippen molar-refractivity contribution in [3.05, 3.63) is 59.9 Å². The summed E-state index contributed by atoms with van der Waals surface area (Å²) in [6.45, 7) is 4.42. The van der Waals surface area contributed by atoms with E-state index in [-0.39, 0.29) is 37.3 Å². The largest absolute Gasteiger partial charge is 0.496 e. The summed E-state index contributed by atoms with van der Waals surface area (Å²) in [5.74, 6) is -0.273. The number of nitrogens with zero attached hydrogens (tertiary/aromatic N) is 4. The van der Waals surface area contributed by atoms with Crippen molar-refractivity contribution in [2.45, 2.75) is 70.6 Å². The van der Waals surface area contributed by atoms with Gasteiger partial charge in [0, 0.05) is 24.7 Å². The van der Waals surface area contributed by atoms with Crippen molar-refractivity contribution in [3.8, 4) is 23.0 Å². The van der Waals surface area contributed by atoms with Gasteiger partial charge >= 0.3 is 12.0 Å². The molecule has 2 aliphatic rings. The first-order valence-corrected chi connectivity index (χ1v) is 16.1. The molecule has 3 unspecified atom stereocenters. The van der Waals surface area contributed by atoms with Crippen LogP contribution >= 0.6 is 0 Å². The predicted octanol–water partition coefficient (Wildman–Crippen LogP) is 5.03. The third kappa shape index (κ3) is 7.87. The summed E-state index contributed by atoms with van der Waals surface area (Å²) in [7, 11) is 3.29. The average Bonchev–Trinajstić information content (AvgIpc) is 3.48. The number of aryl methyl sites for hydroxylation is 1. The zero-order valence-corrected chi connectivity index (χ0v) is 27.3. The van der Waals surface area contributed by atoms with Crippen LogP contribution < -0.4 is 19.7 Å². The van der Waals surface area contributed by atoms with E-state index in [2.05, 4.69) is 11.4 Å². The van der Waals surface area contributed by atoms with Crippen molar-refractivity contribution in [1.82, 2.24) is 25.1 Å². The molecule has 1 N–H and O–H groups in total. The fourth-order valence-electron chi connectivity index (χ4n) is 6.04. The molecule has 11 nitrogen and oxygen atoms in total. The summed E-state index contributed by atoms with van der Waals surface area (Å²) < 4.78 is 31.5. The number of esters is 1. The van der Waals surface area contributed by atoms with E-state index >= 15 is 0 Å². The lowest BCUT2D eigenvalue weighted by Crippen LogP contribution is -2.56. The molecule has 3 heterocycles. The molecule has 1 fully saturated rings. The molecule has 249 valence electrons. The van der Waals surface area contributed by atoms with E-state index in [1.807, 2.05) is 13.0 Å². The van der Waals surface area contributed by atoms with E-state index in [0.717, 1.165) is 24.8 Å². The number of allylic oxidation sites excluding steroid dienone is 2. The van der Waals surface area contributed by atoms with Gasteiger partial charge in [0.05, 0.1) is 31.0 Å². The van der Waals surface area contributed by atoms with Crippen LogP contribution in [0.15, 0.2) is 48.6 Å². The number of carbonyl (C=O) groups excluding carboxylic acids is 3. The summed E-state index contributed by atoms with van der Waals surface area (Å²) in [5, 5.41) is 3.47. The average molecular weight is 648 g/mol. The molecule has 1 aromatic heterocycles. The fraction of sp³-hybridized carbons (Fsp3) is 0.457. The number of hydrogen-bond donors (Lipinski definition) is 1. The van der Waals surface area contributed by atoms with E-state index in [9.17, 15) is 18.8 Å². The van der Waals surface area contributed by atoms with Crippen LogP contribution in [0.5, 0.6) is 11.6 Å². The van der Waals surface area contributed by atoms with Gasteiger partial charge in [-0.3, -0.25) is 9.69 Å². The van der Waals surface area contributed by atoms with Gasteiger partial charge < -0.3 is 19.5 Å². The molecule has 3 amide bonds. The maximum absolute atomic E-state index is 14.2. The normalized spacial score (nSPS) is 21.5. The molecule has 1 radical (unpaired) electrons. The Kier molecular flexibility index (Phi) is 11.0. The predicted molar refractivity (Wildman–Crippen MR) is 175 cm³/mol. The number of rotatable bonds is 6. The molecule has 0 bridgehead atoms. The van der Waals surface area contributed by atoms with Crippen molar-refractivity contribution in [3.63, 3.8) is 0 Å². The smallest absolute Gasteiger partial charge is 0.467 e. The number of amides is 3. The van der Waals surface area contributed by atoms with Crippen LogP contribution in [0.1, 0.15) is 51.0 Å². The number of aromatic nitrogens is 2. The van der Waals surface area contributed by atoms with E-state index in [1.165, 1.54) is 17.0 Å². The van der Waals surface area contributed by atoms with Gasteiger partial charge in [0.2, 0.25) is 11.9 Å². The van der Waals surface area contributed by atoms with Crippen LogP contribution in [0.4, 0.5) is 9.18 Å². The summed E-state index contributed by atoms with van der Waals surface area (Å²) in [6, 6.07) is 7.52. The molecule has 12 heteroatoms. The first-order chi connectivity index (χ1) is 22.7. The summed E-state index contributed by atoms with van der Waals surface area (Å²) >= 11 is 0. The monoisotopic (exact) mass is 647 g/mol. The lowest BCUT2D eigenvalue weighted by atomic mass is 10.1. The number of nitrogens with one attached hydrogen (secondary N) is 1. The second-order valence-corrected chi connectivity index (χ2v) is 11.9. The van der Waals surface area contributed by atoms with Crippen molar-refractivity contribution >= 4 is 28.8 Å². The molecule has 2 aliphatic heterocycles. The van der Waals surface area contributed by atoms with Crippen molar-refractivity contribution in [1.29, 1.82) is 0 Å². The van der Waals surface area contributed by atoms with E-state index < -0.39 is 35.9 Å². The SMILES string of the molecule is CCOC(=O)C1CCC=CCCCCN(C)C(=O)[N+]2CC(Oc3nc(-c4cccc(F)c4)nc4c(C)c(OC)ccc34)CC2C(=O)N1. The quantitative estimate of drug-likeness (QED) is 0.224. The number of halogens is 1. The number of urea groups is 1. The molecule has 2 aromatic carbocycles. The van der Waals surface area contributed by atoms with Gasteiger partial charge in [0.25, 0.3) is 5.91 Å². The topological polar surface area (TPSA) is 126 Å². The van der Waals surface area contributed by atoms with Crippen LogP contribution in [0, 0.1) is 12.7 Å². The Morgan fingerprint density at radius 3 is 2.70 bits per heavy atom. The minimum atomic E-state index is -0.898. The highest BCUT2D eigenvalue weighted by molar-refractivity contribution is 5.92. The lowest BCUT2D eigenvalue weighted by molar-refractivity contribution is -0.147. The van der Waals surface area contributed by atoms with Crippen LogP contribution in [0.25, 0.3) is 22.3 Å². The maximum Gasteiger partial charge on any atom is 0.467 e. The van der Waals surface area contributed by atoms with Gasteiger partial charge in [-0.1, -0.05) is 29.2 Å². The van der Waals surface area contributed by atoms with Crippen molar-refractivity contribution < 1.29 is 33.0 Å². The van der Waals surface area contributed by atoms with Crippen molar-refractivity contribution in [2.24, 2.45) is 0 Å². The molecule has 3 atom stereocenters. The van der Waals surface area contributed by atoms with Crippen molar-refractivity contribution in [2.75, 3.05) is 33.9 Å². The molecule has 0 saturated carbocycles. The van der Waals surface area contributed by atoms with Crippen LogP contribution in [0.3, 0.4) is 0 Å². The molecular formula is C35H42FN5O6+. The Labute approximate surface area is 274 Å². The van der Waals surface area contributed by atoms with Gasteiger partial charge in [-0.15, -0.1) is 0 Å². The van der Waals surface area contributed by atoms with Gasteiger partial charge in [0.1, 0.15) is 17.6 Å². The highest BCUT2D eigenvalue weighted by Gasteiger charge is 2.53. The first-order valence-electron chi connectivity index (χ1n) is 16.1. The second-order valence-electron chi connectivity index (χ2n) is 11.9. The second kappa shape index (κ2) is 15.3. The number of hydrogen-bond acceptors (Lipinski definition) is 8. The summed E-state index contributed by atoms with van der Waals surface area (Å²) in [5.41, 5.74) is 1.79. The standard InChI is InChI=1S/C35H42FN5O6/c1-5-46-34(43)27-15-10-8-6-7-9-11-18-40(3)35(44)41-21-25(20-28(41)32(42)37-27)47-33-26-16-17-29(45-4)22(2)30(26)38-31(39-33)23-13-12-14-24(36)19-23/h6,8,12-14,16-17,19,25,27-28H,5,7,9-11,15,18,20-21H2,1-4H3,(H,37,42)/q+1. The molecule has 0 aliphatic carbocycles. The summed E-state index contributed by atoms with van der Waals surface area (Å²) in [4.78, 5) is 52.9. The third-order valence-corrected chi connectivity index (χ3v) is 8.55. The zero-order valence-electron chi connectivity index (χ0n) is 27.3. The highest BCUT2D eigenvalue weighted by atomic mass is 19.1. The fourth-order valence-corrected chi connectivity index (χ4v) is 6.04. The molecule has 47 heavy (non-hydrogen) atoms. The number of fused-ring (bicyclic) bond motifs is 2. The molecule has 0 spiro atoms. The minimum absolute atomic E-state index is 0.114.